The fraction of sp³-hybridized carbons (Fsp3) is 0.208. The number of hydrogen-bond donors (Lipinski definition) is 1. The molecule has 0 aromatic heterocycles. The fourth-order valence-corrected chi connectivity index (χ4v) is 3.46. The van der Waals surface area contributed by atoms with Crippen LogP contribution in [0.2, 0.25) is 0 Å². The van der Waals surface area contributed by atoms with E-state index < -0.39 is 5.82 Å². The molecule has 0 spiro atoms. The molecule has 0 saturated heterocycles. The summed E-state index contributed by atoms with van der Waals surface area (Å²) >= 11 is 1.66. The highest BCUT2D eigenvalue weighted by Gasteiger charge is 2.13. The van der Waals surface area contributed by atoms with E-state index in [9.17, 15) is 13.6 Å². The average Bonchev–Trinajstić information content (AvgIpc) is 2.70. The van der Waals surface area contributed by atoms with Crippen LogP contribution in [0.25, 0.3) is 11.1 Å². The van der Waals surface area contributed by atoms with Crippen molar-refractivity contribution in [1.29, 1.82) is 0 Å². The van der Waals surface area contributed by atoms with Crippen LogP contribution >= 0.6 is 22.6 Å². The molecule has 0 bridgehead atoms. The highest BCUT2D eigenvalue weighted by Crippen LogP contribution is 2.31. The monoisotopic (exact) mass is 521 g/mol. The van der Waals surface area contributed by atoms with Crippen LogP contribution in [0.1, 0.15) is 22.3 Å². The van der Waals surface area contributed by atoms with Crippen LogP contribution in [0.15, 0.2) is 48.5 Å². The van der Waals surface area contributed by atoms with Crippen LogP contribution in [0, 0.1) is 32.4 Å². The first-order valence-electron chi connectivity index (χ1n) is 9.46. The molecule has 3 rings (SSSR count). The van der Waals surface area contributed by atoms with Crippen molar-refractivity contribution >= 4 is 32.1 Å². The van der Waals surface area contributed by atoms with Gasteiger partial charge in [-0.2, -0.15) is 0 Å². The van der Waals surface area contributed by atoms with Gasteiger partial charge >= 0.3 is 0 Å². The Kier molecular flexibility index (Phi) is 7.07. The maximum Gasteiger partial charge on any atom is 0.229 e. The lowest BCUT2D eigenvalue weighted by Crippen LogP contribution is -2.09. The van der Waals surface area contributed by atoms with E-state index in [2.05, 4.69) is 5.32 Å². The molecule has 3 aromatic carbocycles. The number of carbonyl (C=O) groups is 1. The number of aryl methyl sites for hydroxylation is 1. The quantitative estimate of drug-likeness (QED) is 0.285. The zero-order valence-corrected chi connectivity index (χ0v) is 19.1. The number of nitrogens with one attached hydrogen (secondary N) is 1. The largest absolute Gasteiger partial charge is 0.485 e. The Labute approximate surface area is 188 Å². The van der Waals surface area contributed by atoms with Gasteiger partial charge in [0.15, 0.2) is 6.61 Å². The minimum atomic E-state index is -0.392. The summed E-state index contributed by atoms with van der Waals surface area (Å²) in [6, 6.07) is 13.3. The van der Waals surface area contributed by atoms with Gasteiger partial charge in [-0.3, -0.25) is 4.79 Å². The molecule has 30 heavy (non-hydrogen) atoms. The predicted octanol–water partition coefficient (Wildman–Crippen LogP) is 6.51. The Balaban J connectivity index is 1.89. The molecule has 0 fully saturated rings. The van der Waals surface area contributed by atoms with E-state index in [4.69, 9.17) is 4.74 Å². The summed E-state index contributed by atoms with van der Waals surface area (Å²) in [4.78, 5) is 11.2. The van der Waals surface area contributed by atoms with Crippen molar-refractivity contribution in [1.82, 2.24) is 0 Å². The van der Waals surface area contributed by atoms with E-state index in [0.29, 0.717) is 23.5 Å². The van der Waals surface area contributed by atoms with Gasteiger partial charge in [-0.05, 0) is 78.9 Å². The van der Waals surface area contributed by atoms with E-state index in [1.54, 1.807) is 35.6 Å². The number of ether oxygens (including phenoxy) is 1. The zero-order chi connectivity index (χ0) is 21.8. The molecular formula is C24H22F2INO2. The van der Waals surface area contributed by atoms with Crippen molar-refractivity contribution in [2.45, 2.75) is 27.3 Å². The lowest BCUT2D eigenvalue weighted by Gasteiger charge is -2.17. The minimum absolute atomic E-state index is 0.0690. The second-order valence-corrected chi connectivity index (χ2v) is 8.33. The summed E-state index contributed by atoms with van der Waals surface area (Å²) in [5, 5.41) is 3.17. The number of anilines is 1. The third kappa shape index (κ3) is 5.16. The van der Waals surface area contributed by atoms with Gasteiger partial charge in [0, 0.05) is 34.7 Å². The standard InChI is InChI=1S/C24H22F2INO2/c1-14-9-18(17-5-4-6-20(25)11-17)10-19(15(14)2)12-28-24-16(3)22(8-7-21(24)26)30-13-23(27)29/h4-11,28H,12-13H2,1-3H3. The highest BCUT2D eigenvalue weighted by atomic mass is 127. The Morgan fingerprint density at radius 2 is 1.77 bits per heavy atom. The lowest BCUT2D eigenvalue weighted by atomic mass is 9.95. The average molecular weight is 521 g/mol. The van der Waals surface area contributed by atoms with E-state index in [0.717, 1.165) is 27.8 Å². The second-order valence-electron chi connectivity index (χ2n) is 7.13. The first-order valence-corrected chi connectivity index (χ1v) is 10.5. The van der Waals surface area contributed by atoms with Crippen LogP contribution in [0.5, 0.6) is 5.75 Å². The Morgan fingerprint density at radius 1 is 1.00 bits per heavy atom. The van der Waals surface area contributed by atoms with Crippen LogP contribution in [0.4, 0.5) is 14.5 Å². The van der Waals surface area contributed by atoms with E-state index in [1.165, 1.54) is 24.3 Å². The van der Waals surface area contributed by atoms with Crippen molar-refractivity contribution in [3.63, 3.8) is 0 Å². The Bertz CT molecular complexity index is 1100. The lowest BCUT2D eigenvalue weighted by molar-refractivity contribution is -0.111. The summed E-state index contributed by atoms with van der Waals surface area (Å²) in [6.07, 6.45) is 0. The molecule has 0 saturated carbocycles. The molecule has 6 heteroatoms. The van der Waals surface area contributed by atoms with Gasteiger partial charge in [0.25, 0.3) is 0 Å². The van der Waals surface area contributed by atoms with E-state index in [1.807, 2.05) is 32.0 Å². The molecular weight excluding hydrogens is 499 g/mol. The third-order valence-electron chi connectivity index (χ3n) is 5.09. The van der Waals surface area contributed by atoms with Crippen LogP contribution in [-0.2, 0) is 11.3 Å². The molecule has 1 N–H and O–H groups in total. The van der Waals surface area contributed by atoms with Crippen molar-refractivity contribution in [2.24, 2.45) is 0 Å². The minimum Gasteiger partial charge on any atom is -0.485 e. The predicted molar refractivity (Wildman–Crippen MR) is 124 cm³/mol. The number of benzene rings is 3. The second kappa shape index (κ2) is 9.55. The van der Waals surface area contributed by atoms with Gasteiger partial charge < -0.3 is 10.1 Å². The molecule has 0 heterocycles. The van der Waals surface area contributed by atoms with Crippen LogP contribution in [0.3, 0.4) is 0 Å². The van der Waals surface area contributed by atoms with Crippen LogP contribution < -0.4 is 10.1 Å². The number of rotatable bonds is 7. The zero-order valence-electron chi connectivity index (χ0n) is 17.0. The third-order valence-corrected chi connectivity index (χ3v) is 5.41. The summed E-state index contributed by atoms with van der Waals surface area (Å²) < 4.78 is 33.5. The molecule has 3 aromatic rings. The first-order chi connectivity index (χ1) is 14.3. The van der Waals surface area contributed by atoms with Crippen molar-refractivity contribution < 1.29 is 18.3 Å². The van der Waals surface area contributed by atoms with Crippen molar-refractivity contribution in [3.8, 4) is 16.9 Å². The number of carbonyl (C=O) groups excluding carboxylic acids is 1. The smallest absolute Gasteiger partial charge is 0.229 e. The SMILES string of the molecule is Cc1cc(-c2cccc(F)c2)cc(CNc2c(F)ccc(OCC(=O)I)c2C)c1C. The van der Waals surface area contributed by atoms with E-state index >= 15 is 0 Å². The van der Waals surface area contributed by atoms with Gasteiger partial charge in [-0.1, -0.05) is 18.2 Å². The molecule has 156 valence electrons. The topological polar surface area (TPSA) is 38.3 Å². The fourth-order valence-electron chi connectivity index (χ4n) is 3.30. The van der Waals surface area contributed by atoms with Crippen molar-refractivity contribution in [3.05, 3.63) is 82.4 Å². The summed E-state index contributed by atoms with van der Waals surface area (Å²) in [7, 11) is 0. The van der Waals surface area contributed by atoms with Crippen LogP contribution in [-0.4, -0.2) is 10.4 Å². The summed E-state index contributed by atoms with van der Waals surface area (Å²) in [6.45, 7) is 6.09. The Morgan fingerprint density at radius 3 is 2.47 bits per heavy atom. The summed E-state index contributed by atoms with van der Waals surface area (Å²) in [5.41, 5.74) is 5.78. The maximum atomic E-state index is 14.5. The maximum absolute atomic E-state index is 14.5. The molecule has 3 nitrogen and oxygen atoms in total. The molecule has 0 aliphatic carbocycles. The van der Waals surface area contributed by atoms with Crippen molar-refractivity contribution in [2.75, 3.05) is 11.9 Å². The van der Waals surface area contributed by atoms with Gasteiger partial charge in [-0.25, -0.2) is 8.78 Å². The van der Waals surface area contributed by atoms with Gasteiger partial charge in [0.05, 0.1) is 5.69 Å². The molecule has 0 amide bonds. The number of halogens is 3. The highest BCUT2D eigenvalue weighted by molar-refractivity contribution is 14.1. The Hall–Kier alpha value is -2.48. The molecule has 0 radical (unpaired) electrons. The number of hydrogen-bond acceptors (Lipinski definition) is 3. The van der Waals surface area contributed by atoms with Gasteiger partial charge in [0.2, 0.25) is 3.79 Å². The van der Waals surface area contributed by atoms with Gasteiger partial charge in [0.1, 0.15) is 17.4 Å². The van der Waals surface area contributed by atoms with Gasteiger partial charge in [-0.15, -0.1) is 0 Å². The normalized spacial score (nSPS) is 10.7. The molecule has 0 unspecified atom stereocenters. The molecule has 0 aliphatic heterocycles. The first kappa shape index (κ1) is 22.2. The molecule has 0 atom stereocenters. The summed E-state index contributed by atoms with van der Waals surface area (Å²) in [5.74, 6) is -0.216. The van der Waals surface area contributed by atoms with E-state index in [-0.39, 0.29) is 16.2 Å². The molecule has 0 aliphatic rings.